The van der Waals surface area contributed by atoms with Gasteiger partial charge in [-0.05, 0) is 42.7 Å². The third-order valence-corrected chi connectivity index (χ3v) is 3.47. The zero-order valence-corrected chi connectivity index (χ0v) is 14.9. The van der Waals surface area contributed by atoms with Gasteiger partial charge in [0.05, 0.1) is 6.04 Å². The number of ether oxygens (including phenoxy) is 1. The second-order valence-corrected chi connectivity index (χ2v) is 5.67. The third kappa shape index (κ3) is 6.93. The summed E-state index contributed by atoms with van der Waals surface area (Å²) >= 11 is 0. The van der Waals surface area contributed by atoms with E-state index in [1.807, 2.05) is 30.3 Å². The van der Waals surface area contributed by atoms with Crippen molar-refractivity contribution >= 4 is 24.0 Å². The molecule has 0 spiro atoms. The van der Waals surface area contributed by atoms with Crippen molar-refractivity contribution in [1.29, 1.82) is 0 Å². The molecule has 2 rings (SSSR count). The van der Waals surface area contributed by atoms with Crippen LogP contribution in [0.15, 0.2) is 48.5 Å². The van der Waals surface area contributed by atoms with Crippen molar-refractivity contribution < 1.29 is 22.7 Å². The van der Waals surface area contributed by atoms with Gasteiger partial charge < -0.3 is 15.8 Å². The number of amides is 1. The summed E-state index contributed by atoms with van der Waals surface area (Å²) in [5.41, 5.74) is 7.78. The van der Waals surface area contributed by atoms with Gasteiger partial charge in [-0.25, -0.2) is 0 Å². The van der Waals surface area contributed by atoms with E-state index in [9.17, 15) is 18.0 Å². The van der Waals surface area contributed by atoms with E-state index in [0.29, 0.717) is 17.7 Å². The fourth-order valence-electron chi connectivity index (χ4n) is 2.24. The largest absolute Gasteiger partial charge is 0.484 e. The topological polar surface area (TPSA) is 64.4 Å². The summed E-state index contributed by atoms with van der Waals surface area (Å²) in [5, 5.41) is 2.66. The number of alkyl halides is 3. The first kappa shape index (κ1) is 21.8. The van der Waals surface area contributed by atoms with Gasteiger partial charge in [-0.1, -0.05) is 30.3 Å². The Morgan fingerprint density at radius 2 is 1.85 bits per heavy atom. The van der Waals surface area contributed by atoms with E-state index in [4.69, 9.17) is 10.5 Å². The van der Waals surface area contributed by atoms with Crippen molar-refractivity contribution in [3.8, 4) is 5.75 Å². The third-order valence-electron chi connectivity index (χ3n) is 3.47. The van der Waals surface area contributed by atoms with Crippen LogP contribution in [0.3, 0.4) is 0 Å². The molecular weight excluding hydrogens is 369 g/mol. The summed E-state index contributed by atoms with van der Waals surface area (Å²) in [7, 11) is 0. The molecule has 26 heavy (non-hydrogen) atoms. The number of halogens is 4. The average molecular weight is 389 g/mol. The van der Waals surface area contributed by atoms with E-state index in [1.165, 1.54) is 12.1 Å². The van der Waals surface area contributed by atoms with Crippen LogP contribution >= 0.6 is 12.4 Å². The molecule has 0 aliphatic carbocycles. The van der Waals surface area contributed by atoms with Crippen LogP contribution in [-0.4, -0.2) is 24.7 Å². The Hall–Kier alpha value is -2.25. The van der Waals surface area contributed by atoms with Crippen LogP contribution in [0.5, 0.6) is 5.75 Å². The van der Waals surface area contributed by atoms with E-state index in [-0.39, 0.29) is 24.1 Å². The summed E-state index contributed by atoms with van der Waals surface area (Å²) < 4.78 is 41.3. The molecule has 0 heterocycles. The van der Waals surface area contributed by atoms with Crippen LogP contribution in [0.4, 0.5) is 18.9 Å². The van der Waals surface area contributed by atoms with Crippen molar-refractivity contribution in [1.82, 2.24) is 0 Å². The molecule has 1 atom stereocenters. The maximum Gasteiger partial charge on any atom is 0.422 e. The Labute approximate surface area is 155 Å². The summed E-state index contributed by atoms with van der Waals surface area (Å²) in [4.78, 5) is 12.2. The van der Waals surface area contributed by atoms with Crippen molar-refractivity contribution in [2.24, 2.45) is 5.73 Å². The van der Waals surface area contributed by atoms with E-state index >= 15 is 0 Å². The van der Waals surface area contributed by atoms with Gasteiger partial charge in [-0.3, -0.25) is 4.79 Å². The molecule has 0 saturated heterocycles. The second kappa shape index (κ2) is 9.45. The second-order valence-electron chi connectivity index (χ2n) is 5.67. The number of carbonyl (C=O) groups is 1. The number of hydrogen-bond donors (Lipinski definition) is 2. The molecular formula is C18H20ClF3N2O2. The molecule has 0 aliphatic rings. The molecule has 0 unspecified atom stereocenters. The molecule has 0 bridgehead atoms. The molecule has 0 aromatic heterocycles. The highest BCUT2D eigenvalue weighted by Gasteiger charge is 2.28. The van der Waals surface area contributed by atoms with Crippen molar-refractivity contribution in [3.63, 3.8) is 0 Å². The highest BCUT2D eigenvalue weighted by Crippen LogP contribution is 2.24. The first-order chi connectivity index (χ1) is 11.7. The molecule has 142 valence electrons. The smallest absolute Gasteiger partial charge is 0.422 e. The van der Waals surface area contributed by atoms with Crippen LogP contribution < -0.4 is 15.8 Å². The monoisotopic (exact) mass is 388 g/mol. The van der Waals surface area contributed by atoms with Gasteiger partial charge in [-0.15, -0.1) is 12.4 Å². The Balaban J connectivity index is 0.00000338. The number of aryl methyl sites for hydroxylation is 1. The summed E-state index contributed by atoms with van der Waals surface area (Å²) in [6.07, 6.45) is -4.01. The van der Waals surface area contributed by atoms with Crippen molar-refractivity contribution in [2.45, 2.75) is 25.6 Å². The van der Waals surface area contributed by atoms with E-state index in [1.54, 1.807) is 13.0 Å². The number of anilines is 1. The highest BCUT2D eigenvalue weighted by atomic mass is 35.5. The fraction of sp³-hybridized carbons (Fsp3) is 0.278. The minimum Gasteiger partial charge on any atom is -0.484 e. The molecule has 0 saturated carbocycles. The number of nitrogens with two attached hydrogens (primary N) is 1. The van der Waals surface area contributed by atoms with Crippen LogP contribution in [-0.2, 0) is 11.2 Å². The zero-order chi connectivity index (χ0) is 18.4. The molecule has 3 N–H and O–H groups in total. The van der Waals surface area contributed by atoms with Crippen LogP contribution in [0, 0.1) is 6.92 Å². The van der Waals surface area contributed by atoms with Crippen LogP contribution in [0.2, 0.25) is 0 Å². The van der Waals surface area contributed by atoms with Gasteiger partial charge in [0.25, 0.3) is 0 Å². The van der Waals surface area contributed by atoms with Gasteiger partial charge in [0.2, 0.25) is 5.91 Å². The van der Waals surface area contributed by atoms with Gasteiger partial charge in [-0.2, -0.15) is 13.2 Å². The Morgan fingerprint density at radius 3 is 2.42 bits per heavy atom. The number of benzene rings is 2. The Morgan fingerprint density at radius 1 is 1.19 bits per heavy atom. The SMILES string of the molecule is Cc1cc(NC(=O)[C@@H](N)Cc2ccccc2)ccc1OCC(F)(F)F.Cl. The highest BCUT2D eigenvalue weighted by molar-refractivity contribution is 5.95. The predicted molar refractivity (Wildman–Crippen MR) is 96.7 cm³/mol. The molecule has 0 radical (unpaired) electrons. The van der Waals surface area contributed by atoms with Gasteiger partial charge in [0, 0.05) is 5.69 Å². The predicted octanol–water partition coefficient (Wildman–Crippen LogP) is 3.87. The molecule has 2 aromatic rings. The lowest BCUT2D eigenvalue weighted by molar-refractivity contribution is -0.153. The summed E-state index contributed by atoms with van der Waals surface area (Å²) in [6, 6.07) is 13.0. The van der Waals surface area contributed by atoms with Gasteiger partial charge >= 0.3 is 6.18 Å². The summed E-state index contributed by atoms with van der Waals surface area (Å²) in [6.45, 7) is 0.243. The van der Waals surface area contributed by atoms with Crippen molar-refractivity contribution in [2.75, 3.05) is 11.9 Å². The maximum absolute atomic E-state index is 12.2. The van der Waals surface area contributed by atoms with E-state index in [0.717, 1.165) is 5.56 Å². The quantitative estimate of drug-likeness (QED) is 0.789. The van der Waals surface area contributed by atoms with Crippen LogP contribution in [0.1, 0.15) is 11.1 Å². The van der Waals surface area contributed by atoms with E-state index in [2.05, 4.69) is 5.32 Å². The maximum atomic E-state index is 12.2. The molecule has 2 aromatic carbocycles. The molecule has 1 amide bonds. The molecule has 4 nitrogen and oxygen atoms in total. The lowest BCUT2D eigenvalue weighted by atomic mass is 10.1. The van der Waals surface area contributed by atoms with Gasteiger partial charge in [0.15, 0.2) is 6.61 Å². The minimum atomic E-state index is -4.40. The first-order valence-electron chi connectivity index (χ1n) is 7.65. The average Bonchev–Trinajstić information content (AvgIpc) is 2.54. The standard InChI is InChI=1S/C18H19F3N2O2.ClH/c1-12-9-14(7-8-16(12)25-11-18(19,20)21)23-17(24)15(22)10-13-5-3-2-4-6-13;/h2-9,15H,10-11,22H2,1H3,(H,23,24);1H/t15-;/m0./s1. The first-order valence-corrected chi connectivity index (χ1v) is 7.65. The number of hydrogen-bond acceptors (Lipinski definition) is 3. The van der Waals surface area contributed by atoms with Gasteiger partial charge in [0.1, 0.15) is 5.75 Å². The number of carbonyl (C=O) groups excluding carboxylic acids is 1. The zero-order valence-electron chi connectivity index (χ0n) is 14.0. The molecule has 0 fully saturated rings. The number of nitrogens with one attached hydrogen (secondary N) is 1. The molecule has 0 aliphatic heterocycles. The van der Waals surface area contributed by atoms with Crippen LogP contribution in [0.25, 0.3) is 0 Å². The number of rotatable bonds is 6. The van der Waals surface area contributed by atoms with E-state index < -0.39 is 18.8 Å². The fourth-order valence-corrected chi connectivity index (χ4v) is 2.24. The minimum absolute atomic E-state index is 0. The Bertz CT molecular complexity index is 724. The lowest BCUT2D eigenvalue weighted by Crippen LogP contribution is -2.37. The lowest BCUT2D eigenvalue weighted by Gasteiger charge is -2.15. The Kier molecular flexibility index (Phi) is 7.92. The normalized spacial score (nSPS) is 12.0. The van der Waals surface area contributed by atoms with Crippen molar-refractivity contribution in [3.05, 3.63) is 59.7 Å². The molecule has 8 heteroatoms. The summed E-state index contributed by atoms with van der Waals surface area (Å²) in [5.74, 6) is -0.254.